The van der Waals surface area contributed by atoms with Crippen molar-refractivity contribution >= 4 is 21.8 Å². The van der Waals surface area contributed by atoms with Gasteiger partial charge in [0, 0.05) is 5.56 Å². The second kappa shape index (κ2) is 8.30. The molecule has 2 aromatic carbocycles. The van der Waals surface area contributed by atoms with Gasteiger partial charge in [-0.2, -0.15) is 0 Å². The smallest absolute Gasteiger partial charge is 0.330 e. The summed E-state index contributed by atoms with van der Waals surface area (Å²) in [7, 11) is -2.07. The molecular weight excluding hydrogens is 384 g/mol. The lowest BCUT2D eigenvalue weighted by molar-refractivity contribution is -0.145. The molecule has 0 aliphatic carbocycles. The van der Waals surface area contributed by atoms with E-state index >= 15 is 0 Å². The Morgan fingerprint density at radius 3 is 2.46 bits per heavy atom. The van der Waals surface area contributed by atoms with Crippen LogP contribution in [0, 0.1) is 0 Å². The first-order chi connectivity index (χ1) is 13.4. The summed E-state index contributed by atoms with van der Waals surface area (Å²) in [5, 5.41) is 0. The Morgan fingerprint density at radius 1 is 1.07 bits per heavy atom. The molecule has 0 saturated heterocycles. The van der Waals surface area contributed by atoms with Crippen LogP contribution in [-0.2, 0) is 19.6 Å². The molecule has 0 bridgehead atoms. The third-order valence-corrected chi connectivity index (χ3v) is 5.38. The van der Waals surface area contributed by atoms with Crippen molar-refractivity contribution in [3.05, 3.63) is 54.1 Å². The Bertz CT molecular complexity index is 986. The number of hydrogen-bond donors (Lipinski definition) is 1. The number of carbonyl (C=O) groups is 1. The van der Waals surface area contributed by atoms with Crippen LogP contribution in [0.15, 0.2) is 58.4 Å². The zero-order valence-electron chi connectivity index (χ0n) is 15.4. The summed E-state index contributed by atoms with van der Waals surface area (Å²) < 4.78 is 42.2. The number of benzene rings is 2. The fraction of sp³-hybridized carbons (Fsp3) is 0.263. The maximum atomic E-state index is 12.1. The number of esters is 1. The predicted molar refractivity (Wildman–Crippen MR) is 102 cm³/mol. The van der Waals surface area contributed by atoms with E-state index in [0.717, 1.165) is 5.75 Å². The zero-order valence-corrected chi connectivity index (χ0v) is 16.2. The molecule has 1 atom stereocenters. The van der Waals surface area contributed by atoms with Crippen LogP contribution in [0.2, 0.25) is 0 Å². The van der Waals surface area contributed by atoms with Gasteiger partial charge in [-0.05, 0) is 43.3 Å². The van der Waals surface area contributed by atoms with E-state index in [-0.39, 0.29) is 23.9 Å². The molecule has 0 aromatic heterocycles. The number of methoxy groups -OCH3 is 1. The molecule has 0 radical (unpaired) electrons. The number of aliphatic imine (C=N–C) groups is 1. The molecular formula is C19H20N2O6S. The SMILES string of the molecule is COc1ccc(OCCOC(=O)[C@H](C)N=C2NS(=O)(=O)c3ccccc32)cc1. The molecule has 3 rings (SSSR count). The zero-order chi connectivity index (χ0) is 20.1. The van der Waals surface area contributed by atoms with Gasteiger partial charge in [0.15, 0.2) is 0 Å². The van der Waals surface area contributed by atoms with Crippen LogP contribution in [0.5, 0.6) is 11.5 Å². The summed E-state index contributed by atoms with van der Waals surface area (Å²) in [5.74, 6) is 0.905. The molecule has 28 heavy (non-hydrogen) atoms. The van der Waals surface area contributed by atoms with Crippen molar-refractivity contribution in [2.24, 2.45) is 4.99 Å². The molecule has 0 fully saturated rings. The molecule has 2 aromatic rings. The lowest BCUT2D eigenvalue weighted by Crippen LogP contribution is -2.27. The standard InChI is InChI=1S/C19H20N2O6S/c1-13(20-18-16-5-3-4-6-17(16)28(23,24)21-18)19(22)27-12-11-26-15-9-7-14(25-2)8-10-15/h3-10,13H,11-12H2,1-2H3,(H,20,21)/t13-/m0/s1. The number of nitrogens with one attached hydrogen (secondary N) is 1. The van der Waals surface area contributed by atoms with E-state index in [0.29, 0.717) is 11.3 Å². The fourth-order valence-corrected chi connectivity index (χ4v) is 3.81. The van der Waals surface area contributed by atoms with E-state index in [1.807, 2.05) is 0 Å². The number of hydrogen-bond acceptors (Lipinski definition) is 7. The van der Waals surface area contributed by atoms with Gasteiger partial charge >= 0.3 is 5.97 Å². The van der Waals surface area contributed by atoms with E-state index in [9.17, 15) is 13.2 Å². The Balaban J connectivity index is 1.53. The van der Waals surface area contributed by atoms with Gasteiger partial charge in [0.25, 0.3) is 10.0 Å². The van der Waals surface area contributed by atoms with Crippen LogP contribution in [0.4, 0.5) is 0 Å². The van der Waals surface area contributed by atoms with Crippen LogP contribution in [0.25, 0.3) is 0 Å². The largest absolute Gasteiger partial charge is 0.497 e. The molecule has 1 heterocycles. The van der Waals surface area contributed by atoms with Crippen molar-refractivity contribution < 1.29 is 27.4 Å². The van der Waals surface area contributed by atoms with E-state index < -0.39 is 22.0 Å². The van der Waals surface area contributed by atoms with Crippen molar-refractivity contribution in [2.45, 2.75) is 17.9 Å². The fourth-order valence-electron chi connectivity index (χ4n) is 2.57. The number of carbonyl (C=O) groups excluding carboxylic acids is 1. The minimum Gasteiger partial charge on any atom is -0.497 e. The highest BCUT2D eigenvalue weighted by molar-refractivity contribution is 7.90. The third-order valence-electron chi connectivity index (χ3n) is 3.98. The number of amidine groups is 1. The number of ether oxygens (including phenoxy) is 3. The topological polar surface area (TPSA) is 103 Å². The van der Waals surface area contributed by atoms with Gasteiger partial charge in [0.1, 0.15) is 36.6 Å². The van der Waals surface area contributed by atoms with Gasteiger partial charge < -0.3 is 14.2 Å². The van der Waals surface area contributed by atoms with Crippen LogP contribution in [0.1, 0.15) is 12.5 Å². The first kappa shape index (κ1) is 19.7. The van der Waals surface area contributed by atoms with Crippen LogP contribution < -0.4 is 14.2 Å². The molecule has 0 unspecified atom stereocenters. The van der Waals surface area contributed by atoms with E-state index in [4.69, 9.17) is 14.2 Å². The minimum atomic E-state index is -3.64. The van der Waals surface area contributed by atoms with Crippen LogP contribution >= 0.6 is 0 Å². The monoisotopic (exact) mass is 404 g/mol. The summed E-state index contributed by atoms with van der Waals surface area (Å²) in [4.78, 5) is 16.4. The second-order valence-electron chi connectivity index (χ2n) is 5.95. The van der Waals surface area contributed by atoms with Gasteiger partial charge in [-0.15, -0.1) is 0 Å². The molecule has 8 nitrogen and oxygen atoms in total. The molecule has 1 N–H and O–H groups in total. The summed E-state index contributed by atoms with van der Waals surface area (Å²) in [6.45, 7) is 1.76. The number of sulfonamides is 1. The molecule has 1 aliphatic heterocycles. The average molecular weight is 404 g/mol. The maximum absolute atomic E-state index is 12.1. The predicted octanol–water partition coefficient (Wildman–Crippen LogP) is 1.74. The summed E-state index contributed by atoms with van der Waals surface area (Å²) in [6, 6.07) is 12.6. The highest BCUT2D eigenvalue weighted by atomic mass is 32.2. The van der Waals surface area contributed by atoms with Gasteiger partial charge in [-0.3, -0.25) is 9.71 Å². The van der Waals surface area contributed by atoms with Crippen molar-refractivity contribution in [1.82, 2.24) is 4.72 Å². The quantitative estimate of drug-likeness (QED) is 0.557. The number of nitrogens with zero attached hydrogens (tertiary/aromatic N) is 1. The lowest BCUT2D eigenvalue weighted by Gasteiger charge is -2.10. The molecule has 0 amide bonds. The molecule has 0 saturated carbocycles. The highest BCUT2D eigenvalue weighted by Gasteiger charge is 2.31. The van der Waals surface area contributed by atoms with Crippen molar-refractivity contribution in [1.29, 1.82) is 0 Å². The normalized spacial score (nSPS) is 16.7. The Hall–Kier alpha value is -3.07. The second-order valence-corrected chi connectivity index (χ2v) is 7.60. The van der Waals surface area contributed by atoms with E-state index in [1.165, 1.54) is 13.0 Å². The van der Waals surface area contributed by atoms with Crippen molar-refractivity contribution in [3.63, 3.8) is 0 Å². The van der Waals surface area contributed by atoms with Crippen molar-refractivity contribution in [2.75, 3.05) is 20.3 Å². The van der Waals surface area contributed by atoms with E-state index in [2.05, 4.69) is 9.71 Å². The number of fused-ring (bicyclic) bond motifs is 1. The van der Waals surface area contributed by atoms with Gasteiger partial charge in [0.05, 0.1) is 12.0 Å². The van der Waals surface area contributed by atoms with E-state index in [1.54, 1.807) is 49.6 Å². The molecule has 9 heteroatoms. The lowest BCUT2D eigenvalue weighted by atomic mass is 10.2. The first-order valence-electron chi connectivity index (χ1n) is 8.54. The Morgan fingerprint density at radius 2 is 1.75 bits per heavy atom. The summed E-state index contributed by atoms with van der Waals surface area (Å²) >= 11 is 0. The Labute approximate surface area is 163 Å². The molecule has 148 valence electrons. The van der Waals surface area contributed by atoms with Gasteiger partial charge in [-0.25, -0.2) is 13.2 Å². The minimum absolute atomic E-state index is 0.0440. The number of rotatable bonds is 7. The highest BCUT2D eigenvalue weighted by Crippen LogP contribution is 2.22. The first-order valence-corrected chi connectivity index (χ1v) is 10.0. The van der Waals surface area contributed by atoms with Gasteiger partial charge in [0.2, 0.25) is 0 Å². The summed E-state index contributed by atoms with van der Waals surface area (Å²) in [5.41, 5.74) is 0.435. The average Bonchev–Trinajstić information content (AvgIpc) is 2.96. The molecule has 0 spiro atoms. The summed E-state index contributed by atoms with van der Waals surface area (Å²) in [6.07, 6.45) is 0. The van der Waals surface area contributed by atoms with Crippen LogP contribution in [-0.4, -0.2) is 46.6 Å². The third kappa shape index (κ3) is 4.42. The van der Waals surface area contributed by atoms with Gasteiger partial charge in [-0.1, -0.05) is 12.1 Å². The van der Waals surface area contributed by atoms with Crippen molar-refractivity contribution in [3.8, 4) is 11.5 Å². The Kier molecular flexibility index (Phi) is 5.84. The molecule has 1 aliphatic rings. The van der Waals surface area contributed by atoms with Crippen LogP contribution in [0.3, 0.4) is 0 Å². The maximum Gasteiger partial charge on any atom is 0.330 e.